The first-order valence-corrected chi connectivity index (χ1v) is 7.69. The summed E-state index contributed by atoms with van der Waals surface area (Å²) < 4.78 is 24.7. The van der Waals surface area contributed by atoms with Crippen LogP contribution in [0, 0.1) is 5.82 Å². The average Bonchev–Trinajstić information content (AvgIpc) is 2.49. The Balaban J connectivity index is 2.01. The molecule has 0 saturated carbocycles. The van der Waals surface area contributed by atoms with Crippen molar-refractivity contribution in [3.05, 3.63) is 52.3 Å². The number of anilines is 2. The molecule has 0 radical (unpaired) electrons. The van der Waals surface area contributed by atoms with Crippen LogP contribution in [0.15, 0.2) is 40.9 Å². The van der Waals surface area contributed by atoms with Crippen LogP contribution in [-0.2, 0) is 11.3 Å². The molecule has 0 saturated heterocycles. The fourth-order valence-corrected chi connectivity index (χ4v) is 2.15. The molecule has 0 aliphatic heterocycles. The Bertz CT molecular complexity index is 710. The highest BCUT2D eigenvalue weighted by molar-refractivity contribution is 9.10. The fraction of sp³-hybridized carbons (Fsp3) is 0.188. The Morgan fingerprint density at radius 1 is 1.30 bits per heavy atom. The van der Waals surface area contributed by atoms with Crippen molar-refractivity contribution in [3.63, 3.8) is 0 Å². The Labute approximate surface area is 141 Å². The summed E-state index contributed by atoms with van der Waals surface area (Å²) in [5, 5.41) is 2.52. The van der Waals surface area contributed by atoms with E-state index in [-0.39, 0.29) is 19.0 Å². The minimum atomic E-state index is -0.579. The Hall–Kier alpha value is -2.28. The number of nitrogens with one attached hydrogen (secondary N) is 1. The number of amides is 1. The molecule has 0 atom stereocenters. The van der Waals surface area contributed by atoms with E-state index in [0.29, 0.717) is 27.2 Å². The van der Waals surface area contributed by atoms with Gasteiger partial charge in [0.05, 0.1) is 18.0 Å². The van der Waals surface area contributed by atoms with E-state index >= 15 is 0 Å². The quantitative estimate of drug-likeness (QED) is 0.755. The monoisotopic (exact) mass is 382 g/mol. The summed E-state index contributed by atoms with van der Waals surface area (Å²) in [4.78, 5) is 11.4. The van der Waals surface area contributed by atoms with Gasteiger partial charge in [0.25, 0.3) is 0 Å². The molecule has 0 heterocycles. The van der Waals surface area contributed by atoms with E-state index in [4.69, 9.17) is 15.2 Å². The summed E-state index contributed by atoms with van der Waals surface area (Å²) in [7, 11) is 0. The van der Waals surface area contributed by atoms with Gasteiger partial charge >= 0.3 is 6.09 Å². The molecule has 5 nitrogen and oxygen atoms in total. The van der Waals surface area contributed by atoms with Crippen LogP contribution in [-0.4, -0.2) is 12.7 Å². The number of nitrogen functional groups attached to an aromatic ring is 1. The van der Waals surface area contributed by atoms with Gasteiger partial charge in [0, 0.05) is 16.1 Å². The third-order valence-electron chi connectivity index (χ3n) is 2.94. The number of benzene rings is 2. The molecule has 0 bridgehead atoms. The second kappa shape index (κ2) is 7.82. The third-order valence-corrected chi connectivity index (χ3v) is 3.44. The Kier molecular flexibility index (Phi) is 5.81. The second-order valence-corrected chi connectivity index (χ2v) is 5.53. The van der Waals surface area contributed by atoms with Crippen molar-refractivity contribution in [3.8, 4) is 5.75 Å². The molecule has 0 aliphatic carbocycles. The number of rotatable bonds is 5. The van der Waals surface area contributed by atoms with Crippen LogP contribution in [0.1, 0.15) is 12.5 Å². The van der Waals surface area contributed by atoms with Crippen molar-refractivity contribution >= 4 is 33.4 Å². The van der Waals surface area contributed by atoms with Crippen molar-refractivity contribution in [1.82, 2.24) is 0 Å². The van der Waals surface area contributed by atoms with Crippen LogP contribution in [0.4, 0.5) is 20.6 Å². The summed E-state index contributed by atoms with van der Waals surface area (Å²) in [6, 6.07) is 9.54. The molecule has 2 rings (SSSR count). The normalized spacial score (nSPS) is 10.2. The summed E-state index contributed by atoms with van der Waals surface area (Å²) >= 11 is 3.20. The van der Waals surface area contributed by atoms with Gasteiger partial charge in [0.1, 0.15) is 18.2 Å². The molecule has 0 fully saturated rings. The molecule has 0 aromatic heterocycles. The van der Waals surface area contributed by atoms with Gasteiger partial charge in [-0.25, -0.2) is 9.18 Å². The zero-order chi connectivity index (χ0) is 16.8. The largest absolute Gasteiger partial charge is 0.489 e. The Morgan fingerprint density at radius 3 is 2.74 bits per heavy atom. The van der Waals surface area contributed by atoms with Gasteiger partial charge in [0.15, 0.2) is 0 Å². The lowest BCUT2D eigenvalue weighted by molar-refractivity contribution is 0.168. The summed E-state index contributed by atoms with van der Waals surface area (Å²) in [6.45, 7) is 2.05. The van der Waals surface area contributed by atoms with E-state index in [1.54, 1.807) is 37.3 Å². The molecule has 3 N–H and O–H groups in total. The maximum atomic E-state index is 13.7. The lowest BCUT2D eigenvalue weighted by Gasteiger charge is -2.11. The van der Waals surface area contributed by atoms with Crippen molar-refractivity contribution in [2.45, 2.75) is 13.5 Å². The summed E-state index contributed by atoms with van der Waals surface area (Å²) in [6.07, 6.45) is -0.579. The van der Waals surface area contributed by atoms with E-state index < -0.39 is 6.09 Å². The topological polar surface area (TPSA) is 73.6 Å². The smallest absolute Gasteiger partial charge is 0.411 e. The van der Waals surface area contributed by atoms with Crippen molar-refractivity contribution in [1.29, 1.82) is 0 Å². The number of hydrogen-bond acceptors (Lipinski definition) is 4. The number of nitrogens with two attached hydrogens (primary N) is 1. The molecule has 7 heteroatoms. The van der Waals surface area contributed by atoms with E-state index in [2.05, 4.69) is 21.2 Å². The SMILES string of the molecule is CCOC(=O)Nc1ccc(OCc2ccc(Br)cc2F)cc1N. The number of ether oxygens (including phenoxy) is 2. The fourth-order valence-electron chi connectivity index (χ4n) is 1.82. The number of hydrogen-bond donors (Lipinski definition) is 2. The predicted octanol–water partition coefficient (Wildman–Crippen LogP) is 4.32. The molecular formula is C16H16BrFN2O3. The molecule has 0 unspecified atom stereocenters. The maximum absolute atomic E-state index is 13.7. The van der Waals surface area contributed by atoms with Gasteiger partial charge in [-0.3, -0.25) is 5.32 Å². The van der Waals surface area contributed by atoms with E-state index in [9.17, 15) is 9.18 Å². The zero-order valence-electron chi connectivity index (χ0n) is 12.4. The molecule has 23 heavy (non-hydrogen) atoms. The van der Waals surface area contributed by atoms with Crippen LogP contribution >= 0.6 is 15.9 Å². The number of carbonyl (C=O) groups is 1. The van der Waals surface area contributed by atoms with Crippen LogP contribution in [0.5, 0.6) is 5.75 Å². The Morgan fingerprint density at radius 2 is 2.09 bits per heavy atom. The van der Waals surface area contributed by atoms with Gasteiger partial charge in [-0.15, -0.1) is 0 Å². The van der Waals surface area contributed by atoms with Crippen molar-refractivity contribution < 1.29 is 18.7 Å². The van der Waals surface area contributed by atoms with Crippen LogP contribution in [0.3, 0.4) is 0 Å². The van der Waals surface area contributed by atoms with Gasteiger partial charge in [-0.1, -0.05) is 22.0 Å². The average molecular weight is 383 g/mol. The van der Waals surface area contributed by atoms with E-state index in [1.165, 1.54) is 6.07 Å². The minimum Gasteiger partial charge on any atom is -0.489 e. The molecule has 0 spiro atoms. The highest BCUT2D eigenvalue weighted by Crippen LogP contribution is 2.25. The van der Waals surface area contributed by atoms with Gasteiger partial charge in [-0.2, -0.15) is 0 Å². The van der Waals surface area contributed by atoms with Gasteiger partial charge < -0.3 is 15.2 Å². The number of carbonyl (C=O) groups excluding carboxylic acids is 1. The first-order valence-electron chi connectivity index (χ1n) is 6.89. The molecule has 2 aromatic carbocycles. The third kappa shape index (κ3) is 4.85. The minimum absolute atomic E-state index is 0.0726. The van der Waals surface area contributed by atoms with Gasteiger partial charge in [-0.05, 0) is 31.2 Å². The standard InChI is InChI=1S/C16H16BrFN2O3/c1-2-22-16(21)20-15-6-5-12(8-14(15)19)23-9-10-3-4-11(17)7-13(10)18/h3-8H,2,9,19H2,1H3,(H,20,21). The summed E-state index contributed by atoms with van der Waals surface area (Å²) in [5.41, 5.74) is 7.03. The molecule has 2 aromatic rings. The van der Waals surface area contributed by atoms with E-state index in [1.807, 2.05) is 0 Å². The molecule has 1 amide bonds. The molecular weight excluding hydrogens is 367 g/mol. The highest BCUT2D eigenvalue weighted by Gasteiger charge is 2.08. The van der Waals surface area contributed by atoms with Crippen LogP contribution in [0.2, 0.25) is 0 Å². The van der Waals surface area contributed by atoms with Crippen LogP contribution < -0.4 is 15.8 Å². The lowest BCUT2D eigenvalue weighted by atomic mass is 10.2. The first kappa shape index (κ1) is 17.1. The van der Waals surface area contributed by atoms with Crippen molar-refractivity contribution in [2.24, 2.45) is 0 Å². The van der Waals surface area contributed by atoms with Crippen LogP contribution in [0.25, 0.3) is 0 Å². The highest BCUT2D eigenvalue weighted by atomic mass is 79.9. The maximum Gasteiger partial charge on any atom is 0.411 e. The first-order chi connectivity index (χ1) is 11.0. The number of halogens is 2. The van der Waals surface area contributed by atoms with Gasteiger partial charge in [0.2, 0.25) is 0 Å². The molecule has 122 valence electrons. The van der Waals surface area contributed by atoms with E-state index in [0.717, 1.165) is 0 Å². The lowest BCUT2D eigenvalue weighted by Crippen LogP contribution is -2.14. The zero-order valence-corrected chi connectivity index (χ0v) is 14.0. The molecule has 0 aliphatic rings. The second-order valence-electron chi connectivity index (χ2n) is 4.62. The summed E-state index contributed by atoms with van der Waals surface area (Å²) in [5.74, 6) is 0.118. The predicted molar refractivity (Wildman–Crippen MR) is 89.9 cm³/mol. The van der Waals surface area contributed by atoms with Crippen molar-refractivity contribution in [2.75, 3.05) is 17.7 Å².